The van der Waals surface area contributed by atoms with Crippen molar-refractivity contribution in [1.82, 2.24) is 0 Å². The Kier molecular flexibility index (Phi) is 24.3. The molecule has 0 saturated carbocycles. The zero-order valence-corrected chi connectivity index (χ0v) is 22.0. The lowest BCUT2D eigenvalue weighted by Crippen LogP contribution is -2.21. The normalized spacial score (nSPS) is 12.3. The van der Waals surface area contributed by atoms with Crippen molar-refractivity contribution in [2.24, 2.45) is 5.92 Å². The van der Waals surface area contributed by atoms with Gasteiger partial charge in [-0.1, -0.05) is 116 Å². The molecule has 0 aromatic rings. The number of rotatable bonds is 25. The molecule has 1 atom stereocenters. The molecule has 0 aliphatic rings. The molecule has 0 bridgehead atoms. The van der Waals surface area contributed by atoms with Gasteiger partial charge in [0.1, 0.15) is 0 Å². The van der Waals surface area contributed by atoms with E-state index in [1.807, 2.05) is 6.92 Å². The molecule has 194 valence electrons. The van der Waals surface area contributed by atoms with Crippen LogP contribution in [0.1, 0.15) is 149 Å². The number of esters is 1. The Morgan fingerprint density at radius 1 is 0.667 bits per heavy atom. The SMILES string of the molecule is CCCCCCCCC/C=C/CCCCCCCCCCCC(CC(=O)O)C(=O)OCCC. The van der Waals surface area contributed by atoms with Crippen molar-refractivity contribution in [1.29, 1.82) is 0 Å². The molecule has 0 rings (SSSR count). The fourth-order valence-corrected chi connectivity index (χ4v) is 4.18. The fraction of sp³-hybridized carbons (Fsp3) is 0.862. The van der Waals surface area contributed by atoms with Crippen molar-refractivity contribution in [3.05, 3.63) is 12.2 Å². The van der Waals surface area contributed by atoms with Crippen LogP contribution in [-0.4, -0.2) is 23.7 Å². The minimum atomic E-state index is -0.919. The molecule has 0 fully saturated rings. The van der Waals surface area contributed by atoms with Crippen LogP contribution in [0.5, 0.6) is 0 Å². The van der Waals surface area contributed by atoms with Crippen LogP contribution in [0.15, 0.2) is 12.2 Å². The molecular formula is C29H54O4. The molecule has 0 spiro atoms. The number of carboxylic acids is 1. The molecule has 0 aliphatic carbocycles. The van der Waals surface area contributed by atoms with Gasteiger partial charge in [-0.05, 0) is 38.5 Å². The number of carboxylic acid groups (broad SMARTS) is 1. The van der Waals surface area contributed by atoms with Gasteiger partial charge in [-0.15, -0.1) is 0 Å². The Balaban J connectivity index is 3.46. The van der Waals surface area contributed by atoms with E-state index >= 15 is 0 Å². The number of unbranched alkanes of at least 4 members (excludes halogenated alkanes) is 16. The van der Waals surface area contributed by atoms with Gasteiger partial charge in [0.25, 0.3) is 0 Å². The van der Waals surface area contributed by atoms with Crippen LogP contribution in [0.2, 0.25) is 0 Å². The van der Waals surface area contributed by atoms with Gasteiger partial charge in [-0.2, -0.15) is 0 Å². The van der Waals surface area contributed by atoms with Crippen molar-refractivity contribution >= 4 is 11.9 Å². The molecule has 0 saturated heterocycles. The summed E-state index contributed by atoms with van der Waals surface area (Å²) in [5.41, 5.74) is 0. The molecule has 4 heteroatoms. The van der Waals surface area contributed by atoms with E-state index < -0.39 is 11.9 Å². The van der Waals surface area contributed by atoms with Gasteiger partial charge in [0.2, 0.25) is 0 Å². The summed E-state index contributed by atoms with van der Waals surface area (Å²) in [4.78, 5) is 23.0. The number of hydrogen-bond acceptors (Lipinski definition) is 3. The number of hydrogen-bond donors (Lipinski definition) is 1. The maximum Gasteiger partial charge on any atom is 0.309 e. The van der Waals surface area contributed by atoms with E-state index in [2.05, 4.69) is 19.1 Å². The zero-order valence-electron chi connectivity index (χ0n) is 22.0. The van der Waals surface area contributed by atoms with Crippen LogP contribution in [0.25, 0.3) is 0 Å². The third kappa shape index (κ3) is 23.6. The largest absolute Gasteiger partial charge is 0.481 e. The van der Waals surface area contributed by atoms with Crippen molar-refractivity contribution in [2.45, 2.75) is 149 Å². The molecule has 0 radical (unpaired) electrons. The topological polar surface area (TPSA) is 63.6 Å². The number of carbonyl (C=O) groups is 2. The molecule has 33 heavy (non-hydrogen) atoms. The third-order valence-electron chi connectivity index (χ3n) is 6.27. The van der Waals surface area contributed by atoms with Crippen LogP contribution in [0.3, 0.4) is 0 Å². The molecule has 1 unspecified atom stereocenters. The number of ether oxygens (including phenoxy) is 1. The van der Waals surface area contributed by atoms with Crippen molar-refractivity contribution in [3.63, 3.8) is 0 Å². The number of allylic oxidation sites excluding steroid dienone is 2. The zero-order chi connectivity index (χ0) is 24.4. The van der Waals surface area contributed by atoms with Crippen molar-refractivity contribution in [2.75, 3.05) is 6.61 Å². The molecule has 0 aromatic carbocycles. The van der Waals surface area contributed by atoms with Gasteiger partial charge in [0.15, 0.2) is 0 Å². The summed E-state index contributed by atoms with van der Waals surface area (Å²) in [5, 5.41) is 9.01. The van der Waals surface area contributed by atoms with E-state index in [-0.39, 0.29) is 12.4 Å². The van der Waals surface area contributed by atoms with E-state index in [4.69, 9.17) is 9.84 Å². The second-order valence-corrected chi connectivity index (χ2v) is 9.60. The molecule has 4 nitrogen and oxygen atoms in total. The molecule has 1 N–H and O–H groups in total. The van der Waals surface area contributed by atoms with Crippen LogP contribution < -0.4 is 0 Å². The molecular weight excluding hydrogens is 412 g/mol. The first-order valence-corrected chi connectivity index (χ1v) is 14.1. The Morgan fingerprint density at radius 2 is 1.12 bits per heavy atom. The minimum Gasteiger partial charge on any atom is -0.481 e. The summed E-state index contributed by atoms with van der Waals surface area (Å²) in [6, 6.07) is 0. The van der Waals surface area contributed by atoms with Crippen LogP contribution >= 0.6 is 0 Å². The minimum absolute atomic E-state index is 0.114. The highest BCUT2D eigenvalue weighted by atomic mass is 16.5. The second-order valence-electron chi connectivity index (χ2n) is 9.60. The monoisotopic (exact) mass is 466 g/mol. The van der Waals surface area contributed by atoms with Crippen LogP contribution in [0.4, 0.5) is 0 Å². The van der Waals surface area contributed by atoms with Crippen LogP contribution in [-0.2, 0) is 14.3 Å². The molecule has 0 aliphatic heterocycles. The highest BCUT2D eigenvalue weighted by molar-refractivity contribution is 5.79. The lowest BCUT2D eigenvalue weighted by molar-refractivity contribution is -0.153. The summed E-state index contributed by atoms with van der Waals surface area (Å²) in [7, 11) is 0. The smallest absolute Gasteiger partial charge is 0.309 e. The second kappa shape index (κ2) is 25.3. The first-order valence-electron chi connectivity index (χ1n) is 14.1. The summed E-state index contributed by atoms with van der Waals surface area (Å²) in [5.74, 6) is -1.75. The molecule has 0 amide bonds. The lowest BCUT2D eigenvalue weighted by atomic mass is 9.97. The Morgan fingerprint density at radius 3 is 1.58 bits per heavy atom. The molecule has 0 aromatic heterocycles. The Labute approximate surface area is 204 Å². The highest BCUT2D eigenvalue weighted by Gasteiger charge is 2.22. The van der Waals surface area contributed by atoms with Crippen molar-refractivity contribution < 1.29 is 19.4 Å². The summed E-state index contributed by atoms with van der Waals surface area (Å²) < 4.78 is 5.14. The average Bonchev–Trinajstić information content (AvgIpc) is 2.80. The van der Waals surface area contributed by atoms with Gasteiger partial charge in [0.05, 0.1) is 18.9 Å². The average molecular weight is 467 g/mol. The van der Waals surface area contributed by atoms with E-state index in [1.54, 1.807) is 0 Å². The summed E-state index contributed by atoms with van der Waals surface area (Å²) >= 11 is 0. The molecule has 0 heterocycles. The number of aliphatic carboxylic acids is 1. The van der Waals surface area contributed by atoms with E-state index in [0.29, 0.717) is 13.0 Å². The summed E-state index contributed by atoms with van der Waals surface area (Å²) in [6.07, 6.45) is 29.2. The van der Waals surface area contributed by atoms with Gasteiger partial charge < -0.3 is 9.84 Å². The van der Waals surface area contributed by atoms with Gasteiger partial charge >= 0.3 is 11.9 Å². The fourth-order valence-electron chi connectivity index (χ4n) is 4.18. The standard InChI is InChI=1S/C29H54O4/c1-3-5-6-7-8-9-10-11-12-13-14-15-16-17-18-19-20-21-22-23-24-27(26-28(30)31)29(32)33-25-4-2/h12-13,27H,3-11,14-26H2,1-2H3,(H,30,31)/b13-12+. The Bertz CT molecular complexity index is 472. The van der Waals surface area contributed by atoms with E-state index in [1.165, 1.54) is 103 Å². The van der Waals surface area contributed by atoms with Gasteiger partial charge in [-0.25, -0.2) is 0 Å². The third-order valence-corrected chi connectivity index (χ3v) is 6.27. The quantitative estimate of drug-likeness (QED) is 0.0828. The van der Waals surface area contributed by atoms with E-state index in [9.17, 15) is 9.59 Å². The highest BCUT2D eigenvalue weighted by Crippen LogP contribution is 2.18. The predicted octanol–water partition coefficient (Wildman–Crippen LogP) is 9.02. The predicted molar refractivity (Wildman–Crippen MR) is 140 cm³/mol. The maximum absolute atomic E-state index is 12.0. The lowest BCUT2D eigenvalue weighted by Gasteiger charge is -2.13. The van der Waals surface area contributed by atoms with Gasteiger partial charge in [0, 0.05) is 0 Å². The van der Waals surface area contributed by atoms with Gasteiger partial charge in [-0.3, -0.25) is 9.59 Å². The van der Waals surface area contributed by atoms with Crippen molar-refractivity contribution in [3.8, 4) is 0 Å². The first-order chi connectivity index (χ1) is 16.1. The van der Waals surface area contributed by atoms with Crippen LogP contribution in [0, 0.1) is 5.92 Å². The summed E-state index contributed by atoms with van der Waals surface area (Å²) in [6.45, 7) is 4.59. The van der Waals surface area contributed by atoms with E-state index in [0.717, 1.165) is 19.3 Å². The Hall–Kier alpha value is -1.32. The number of carbonyl (C=O) groups excluding carboxylic acids is 1. The maximum atomic E-state index is 12.0. The first kappa shape index (κ1) is 31.7.